The molecule has 0 aliphatic rings. The predicted octanol–water partition coefficient (Wildman–Crippen LogP) is 3.12. The Labute approximate surface area is 188 Å². The average molecular weight is 461 g/mol. The van der Waals surface area contributed by atoms with E-state index in [-0.39, 0.29) is 12.5 Å². The number of carbonyl (C=O) groups excluding carboxylic acids is 1. The first-order chi connectivity index (χ1) is 14.9. The fourth-order valence-corrected chi connectivity index (χ4v) is 3.97. The zero-order chi connectivity index (χ0) is 22.4. The van der Waals surface area contributed by atoms with E-state index < -0.39 is 5.97 Å². The first-order valence-corrected chi connectivity index (χ1v) is 11.6. The van der Waals surface area contributed by atoms with Gasteiger partial charge < -0.3 is 20.6 Å². The Morgan fingerprint density at radius 2 is 1.94 bits per heavy atom. The van der Waals surface area contributed by atoms with E-state index in [4.69, 9.17) is 5.11 Å². The quantitative estimate of drug-likeness (QED) is 0.392. The Morgan fingerprint density at radius 1 is 1.23 bits per heavy atom. The number of hydrogen-bond donors (Lipinski definition) is 3. The van der Waals surface area contributed by atoms with Crippen molar-refractivity contribution < 1.29 is 14.7 Å². The summed E-state index contributed by atoms with van der Waals surface area (Å²) in [5.74, 6) is -0.472. The summed E-state index contributed by atoms with van der Waals surface area (Å²) in [6.45, 7) is 3.19. The highest BCUT2D eigenvalue weighted by molar-refractivity contribution is 7.98. The molecule has 3 aromatic rings. The van der Waals surface area contributed by atoms with Crippen LogP contribution >= 0.6 is 23.1 Å². The van der Waals surface area contributed by atoms with Gasteiger partial charge in [0, 0.05) is 43.0 Å². The summed E-state index contributed by atoms with van der Waals surface area (Å²) >= 11 is 3.06. The highest BCUT2D eigenvalue weighted by atomic mass is 32.2. The number of carboxylic acid groups (broad SMARTS) is 1. The molecule has 9 nitrogen and oxygen atoms in total. The number of nitrogens with zero attached hydrogens (tertiary/aromatic N) is 4. The highest BCUT2D eigenvalue weighted by Gasteiger charge is 2.16. The first kappa shape index (κ1) is 22.8. The van der Waals surface area contributed by atoms with Crippen LogP contribution in [-0.4, -0.2) is 69.8 Å². The summed E-state index contributed by atoms with van der Waals surface area (Å²) in [7, 11) is 1.47. The number of anilines is 2. The van der Waals surface area contributed by atoms with Crippen LogP contribution < -0.4 is 10.6 Å². The molecular weight excluding hydrogens is 436 g/mol. The molecule has 0 aliphatic heterocycles. The second-order valence-corrected chi connectivity index (χ2v) is 8.98. The molecule has 0 saturated carbocycles. The third-order valence-electron chi connectivity index (χ3n) is 4.43. The summed E-state index contributed by atoms with van der Waals surface area (Å²) in [6.07, 6.45) is 5.57. The number of rotatable bonds is 10. The second-order valence-electron chi connectivity index (χ2n) is 7.07. The lowest BCUT2D eigenvalue weighted by Gasteiger charge is -2.14. The average Bonchev–Trinajstić information content (AvgIpc) is 3.17. The third kappa shape index (κ3) is 6.28. The van der Waals surface area contributed by atoms with Crippen LogP contribution in [0.3, 0.4) is 0 Å². The van der Waals surface area contributed by atoms with Crippen molar-refractivity contribution in [3.8, 4) is 0 Å². The first-order valence-electron chi connectivity index (χ1n) is 9.57. The van der Waals surface area contributed by atoms with Crippen molar-refractivity contribution in [1.82, 2.24) is 19.9 Å². The number of likely N-dealkylation sites (N-methyl/N-ethyl adjacent to an activating group) is 1. The maximum atomic E-state index is 12.4. The van der Waals surface area contributed by atoms with Crippen LogP contribution in [-0.2, 0) is 4.79 Å². The van der Waals surface area contributed by atoms with Crippen LogP contribution in [0.2, 0.25) is 0 Å². The number of thioether (sulfide) groups is 1. The molecule has 0 bridgehead atoms. The molecule has 164 valence electrons. The fraction of sp³-hybridized carbons (Fsp3) is 0.350. The molecule has 3 rings (SSSR count). The van der Waals surface area contributed by atoms with Gasteiger partial charge in [-0.3, -0.25) is 9.59 Å². The SMILES string of the molecule is CSc1cnc(NC[C@H](C)CNc2nc3ccc(C(=O)N(C)CC(=O)O)cc3s2)nc1. The van der Waals surface area contributed by atoms with E-state index in [0.717, 1.165) is 20.2 Å². The Kier molecular flexibility index (Phi) is 7.64. The molecule has 0 radical (unpaired) electrons. The fourth-order valence-electron chi connectivity index (χ4n) is 2.74. The van der Waals surface area contributed by atoms with Gasteiger partial charge in [-0.25, -0.2) is 15.0 Å². The topological polar surface area (TPSA) is 120 Å². The molecule has 0 unspecified atom stereocenters. The molecule has 11 heteroatoms. The number of fused-ring (bicyclic) bond motifs is 1. The smallest absolute Gasteiger partial charge is 0.323 e. The Morgan fingerprint density at radius 3 is 2.61 bits per heavy atom. The van der Waals surface area contributed by atoms with Crippen molar-refractivity contribution in [1.29, 1.82) is 0 Å². The molecule has 2 heterocycles. The van der Waals surface area contributed by atoms with Crippen molar-refractivity contribution in [3.63, 3.8) is 0 Å². The van der Waals surface area contributed by atoms with Crippen LogP contribution in [0.15, 0.2) is 35.5 Å². The van der Waals surface area contributed by atoms with Gasteiger partial charge in [0.2, 0.25) is 5.95 Å². The van der Waals surface area contributed by atoms with E-state index >= 15 is 0 Å². The van der Waals surface area contributed by atoms with E-state index in [1.54, 1.807) is 42.4 Å². The Hall–Kier alpha value is -2.92. The second kappa shape index (κ2) is 10.4. The van der Waals surface area contributed by atoms with Crippen molar-refractivity contribution in [3.05, 3.63) is 36.2 Å². The molecule has 3 N–H and O–H groups in total. The van der Waals surface area contributed by atoms with Gasteiger partial charge in [-0.05, 0) is 30.4 Å². The van der Waals surface area contributed by atoms with E-state index in [2.05, 4.69) is 32.5 Å². The number of benzene rings is 1. The summed E-state index contributed by atoms with van der Waals surface area (Å²) in [5.41, 5.74) is 1.23. The Bertz CT molecular complexity index is 1060. The van der Waals surface area contributed by atoms with Gasteiger partial charge in [-0.1, -0.05) is 18.3 Å². The van der Waals surface area contributed by atoms with Crippen LogP contribution in [0.25, 0.3) is 10.2 Å². The molecule has 2 aromatic heterocycles. The zero-order valence-electron chi connectivity index (χ0n) is 17.5. The normalized spacial score (nSPS) is 11.8. The van der Waals surface area contributed by atoms with Crippen LogP contribution in [0, 0.1) is 5.92 Å². The van der Waals surface area contributed by atoms with Gasteiger partial charge in [-0.15, -0.1) is 11.8 Å². The monoisotopic (exact) mass is 460 g/mol. The lowest BCUT2D eigenvalue weighted by Crippen LogP contribution is -2.31. The van der Waals surface area contributed by atoms with E-state index in [1.807, 2.05) is 6.26 Å². The van der Waals surface area contributed by atoms with Gasteiger partial charge in [0.05, 0.1) is 10.2 Å². The van der Waals surface area contributed by atoms with Crippen molar-refractivity contribution in [2.75, 3.05) is 43.6 Å². The van der Waals surface area contributed by atoms with Gasteiger partial charge in [-0.2, -0.15) is 0 Å². The van der Waals surface area contributed by atoms with E-state index in [1.165, 1.54) is 23.3 Å². The largest absolute Gasteiger partial charge is 0.480 e. The zero-order valence-corrected chi connectivity index (χ0v) is 19.1. The summed E-state index contributed by atoms with van der Waals surface area (Å²) < 4.78 is 0.866. The standard InChI is InChI=1S/C20H24N6O3S2/c1-12(7-21-19-22-9-14(30-3)10-23-19)8-24-20-25-15-5-4-13(6-16(15)31-20)18(29)26(2)11-17(27)28/h4-6,9-10,12H,7-8,11H2,1-3H3,(H,24,25)(H,27,28)(H,21,22,23)/t12-/m0/s1. The number of carbonyl (C=O) groups is 2. The van der Waals surface area contributed by atoms with Gasteiger partial charge in [0.25, 0.3) is 5.91 Å². The molecule has 0 saturated heterocycles. The highest BCUT2D eigenvalue weighted by Crippen LogP contribution is 2.27. The summed E-state index contributed by atoms with van der Waals surface area (Å²) in [4.78, 5) is 38.5. The van der Waals surface area contributed by atoms with Crippen LogP contribution in [0.1, 0.15) is 17.3 Å². The molecule has 0 aliphatic carbocycles. The molecule has 0 fully saturated rings. The van der Waals surface area contributed by atoms with Crippen molar-refractivity contribution in [2.24, 2.45) is 5.92 Å². The number of nitrogens with one attached hydrogen (secondary N) is 2. The number of aliphatic carboxylic acids is 1. The molecule has 1 atom stereocenters. The third-order valence-corrected chi connectivity index (χ3v) is 6.09. The summed E-state index contributed by atoms with van der Waals surface area (Å²) in [5, 5.41) is 16.2. The van der Waals surface area contributed by atoms with E-state index in [9.17, 15) is 9.59 Å². The maximum Gasteiger partial charge on any atom is 0.323 e. The van der Waals surface area contributed by atoms with Crippen LogP contribution in [0.4, 0.5) is 11.1 Å². The van der Waals surface area contributed by atoms with Gasteiger partial charge in [0.15, 0.2) is 5.13 Å². The van der Waals surface area contributed by atoms with Crippen molar-refractivity contribution in [2.45, 2.75) is 11.8 Å². The summed E-state index contributed by atoms with van der Waals surface area (Å²) in [6, 6.07) is 5.19. The predicted molar refractivity (Wildman–Crippen MR) is 124 cm³/mol. The van der Waals surface area contributed by atoms with Gasteiger partial charge >= 0.3 is 5.97 Å². The number of amides is 1. The number of carboxylic acids is 1. The number of aromatic nitrogens is 3. The van der Waals surface area contributed by atoms with E-state index in [0.29, 0.717) is 30.5 Å². The number of hydrogen-bond acceptors (Lipinski definition) is 9. The lowest BCUT2D eigenvalue weighted by molar-refractivity contribution is -0.137. The maximum absolute atomic E-state index is 12.4. The Balaban J connectivity index is 1.55. The van der Waals surface area contributed by atoms with Crippen molar-refractivity contribution >= 4 is 56.3 Å². The lowest BCUT2D eigenvalue weighted by atomic mass is 10.2. The molecule has 1 aromatic carbocycles. The minimum Gasteiger partial charge on any atom is -0.480 e. The molecule has 31 heavy (non-hydrogen) atoms. The molecular formula is C20H24N6O3S2. The number of thiazole rings is 1. The van der Waals surface area contributed by atoms with Crippen LogP contribution in [0.5, 0.6) is 0 Å². The van der Waals surface area contributed by atoms with Gasteiger partial charge in [0.1, 0.15) is 6.54 Å². The minimum atomic E-state index is -1.05. The minimum absolute atomic E-state index is 0.303. The molecule has 0 spiro atoms. The molecule has 1 amide bonds.